The minimum atomic E-state index is 0.548. The molecule has 0 radical (unpaired) electrons. The molecule has 0 saturated heterocycles. The summed E-state index contributed by atoms with van der Waals surface area (Å²) < 4.78 is 5.17. The summed E-state index contributed by atoms with van der Waals surface area (Å²) in [5.41, 5.74) is 4.50. The maximum absolute atomic E-state index is 5.17. The topological polar surface area (TPSA) is 34.1 Å². The van der Waals surface area contributed by atoms with Gasteiger partial charge >= 0.3 is 0 Å². The lowest BCUT2D eigenvalue weighted by Gasteiger charge is -2.05. The van der Waals surface area contributed by atoms with Crippen LogP contribution in [0.15, 0.2) is 53.9 Å². The highest BCUT2D eigenvalue weighted by Crippen LogP contribution is 2.28. The number of thiazole rings is 1. The van der Waals surface area contributed by atoms with Crippen LogP contribution in [0.4, 0.5) is 10.8 Å². The largest absolute Gasteiger partial charge is 0.497 e. The molecule has 2 aromatic carbocycles. The van der Waals surface area contributed by atoms with E-state index < -0.39 is 0 Å². The zero-order valence-electron chi connectivity index (χ0n) is 13.5. The van der Waals surface area contributed by atoms with Crippen molar-refractivity contribution in [3.8, 4) is 17.0 Å². The third kappa shape index (κ3) is 3.71. The average molecular weight is 324 g/mol. The van der Waals surface area contributed by atoms with Gasteiger partial charge in [0.15, 0.2) is 5.13 Å². The first-order chi connectivity index (χ1) is 11.2. The minimum absolute atomic E-state index is 0.548. The van der Waals surface area contributed by atoms with Crippen molar-refractivity contribution < 1.29 is 4.74 Å². The van der Waals surface area contributed by atoms with E-state index in [-0.39, 0.29) is 0 Å². The van der Waals surface area contributed by atoms with Gasteiger partial charge in [-0.25, -0.2) is 4.98 Å². The number of aromatic nitrogens is 1. The van der Waals surface area contributed by atoms with Crippen LogP contribution in [0.25, 0.3) is 11.3 Å². The molecule has 3 aromatic rings. The smallest absolute Gasteiger partial charge is 0.187 e. The van der Waals surface area contributed by atoms with Crippen LogP contribution < -0.4 is 10.1 Å². The van der Waals surface area contributed by atoms with Crippen LogP contribution in [0.1, 0.15) is 25.3 Å². The lowest BCUT2D eigenvalue weighted by Crippen LogP contribution is -1.90. The molecule has 0 saturated carbocycles. The van der Waals surface area contributed by atoms with Gasteiger partial charge in [-0.15, -0.1) is 11.3 Å². The van der Waals surface area contributed by atoms with E-state index in [9.17, 15) is 0 Å². The maximum atomic E-state index is 5.17. The van der Waals surface area contributed by atoms with Gasteiger partial charge < -0.3 is 10.1 Å². The van der Waals surface area contributed by atoms with Crippen LogP contribution in [0.3, 0.4) is 0 Å². The number of nitrogens with zero attached hydrogens (tertiary/aromatic N) is 1. The van der Waals surface area contributed by atoms with Gasteiger partial charge in [0.2, 0.25) is 0 Å². The molecule has 23 heavy (non-hydrogen) atoms. The van der Waals surface area contributed by atoms with Crippen LogP contribution in [-0.2, 0) is 0 Å². The van der Waals surface area contributed by atoms with E-state index in [2.05, 4.69) is 53.8 Å². The summed E-state index contributed by atoms with van der Waals surface area (Å²) in [6.07, 6.45) is 0. The van der Waals surface area contributed by atoms with Crippen molar-refractivity contribution in [2.45, 2.75) is 19.8 Å². The molecule has 0 atom stereocenters. The van der Waals surface area contributed by atoms with Gasteiger partial charge in [-0.3, -0.25) is 0 Å². The Morgan fingerprint density at radius 1 is 1.00 bits per heavy atom. The lowest BCUT2D eigenvalue weighted by molar-refractivity contribution is 0.415. The van der Waals surface area contributed by atoms with Crippen molar-refractivity contribution >= 4 is 22.2 Å². The van der Waals surface area contributed by atoms with Gasteiger partial charge in [0.25, 0.3) is 0 Å². The minimum Gasteiger partial charge on any atom is -0.497 e. The quantitative estimate of drug-likeness (QED) is 0.655. The normalized spacial score (nSPS) is 10.8. The Balaban J connectivity index is 1.74. The van der Waals surface area contributed by atoms with E-state index in [1.165, 1.54) is 5.56 Å². The highest BCUT2D eigenvalue weighted by molar-refractivity contribution is 7.14. The molecule has 0 aliphatic rings. The van der Waals surface area contributed by atoms with Crippen molar-refractivity contribution in [2.75, 3.05) is 12.4 Å². The Kier molecular flexibility index (Phi) is 4.63. The monoisotopic (exact) mass is 324 g/mol. The van der Waals surface area contributed by atoms with E-state index >= 15 is 0 Å². The second-order valence-electron chi connectivity index (χ2n) is 5.67. The van der Waals surface area contributed by atoms with Crippen molar-refractivity contribution in [3.63, 3.8) is 0 Å². The van der Waals surface area contributed by atoms with Gasteiger partial charge in [0, 0.05) is 16.6 Å². The van der Waals surface area contributed by atoms with Gasteiger partial charge in [-0.1, -0.05) is 38.1 Å². The van der Waals surface area contributed by atoms with Gasteiger partial charge in [0.05, 0.1) is 12.8 Å². The molecule has 0 unspecified atom stereocenters. The Hall–Kier alpha value is -2.33. The van der Waals surface area contributed by atoms with Crippen molar-refractivity contribution in [3.05, 3.63) is 59.5 Å². The molecular formula is C19H20N2OS. The van der Waals surface area contributed by atoms with E-state index in [0.717, 1.165) is 27.8 Å². The molecule has 3 nitrogen and oxygen atoms in total. The Morgan fingerprint density at radius 3 is 2.30 bits per heavy atom. The summed E-state index contributed by atoms with van der Waals surface area (Å²) in [6, 6.07) is 16.5. The Morgan fingerprint density at radius 2 is 1.70 bits per heavy atom. The second kappa shape index (κ2) is 6.84. The molecule has 0 aliphatic heterocycles. The zero-order valence-corrected chi connectivity index (χ0v) is 14.4. The molecule has 118 valence electrons. The average Bonchev–Trinajstić information content (AvgIpc) is 3.04. The van der Waals surface area contributed by atoms with Crippen molar-refractivity contribution in [2.24, 2.45) is 0 Å². The first kappa shape index (κ1) is 15.6. The number of anilines is 2. The standard InChI is InChI=1S/C19H20N2OS/c1-13(2)14-4-6-15(7-5-14)18-12-23-19(21-18)20-16-8-10-17(22-3)11-9-16/h4-13H,1-3H3,(H,20,21). The molecule has 1 heterocycles. The fraction of sp³-hybridized carbons (Fsp3) is 0.211. The van der Waals surface area contributed by atoms with Gasteiger partial charge in [-0.05, 0) is 35.7 Å². The fourth-order valence-electron chi connectivity index (χ4n) is 2.30. The first-order valence-corrected chi connectivity index (χ1v) is 8.50. The van der Waals surface area contributed by atoms with E-state index in [0.29, 0.717) is 5.92 Å². The third-order valence-corrected chi connectivity index (χ3v) is 4.48. The SMILES string of the molecule is COc1ccc(Nc2nc(-c3ccc(C(C)C)cc3)cs2)cc1. The van der Waals surface area contributed by atoms with Crippen LogP contribution >= 0.6 is 11.3 Å². The van der Waals surface area contributed by atoms with E-state index in [1.807, 2.05) is 24.3 Å². The van der Waals surface area contributed by atoms with Crippen LogP contribution in [0.2, 0.25) is 0 Å². The Bertz CT molecular complexity index is 761. The van der Waals surface area contributed by atoms with Gasteiger partial charge in [-0.2, -0.15) is 0 Å². The van der Waals surface area contributed by atoms with Crippen LogP contribution in [0.5, 0.6) is 5.75 Å². The van der Waals surface area contributed by atoms with Crippen molar-refractivity contribution in [1.82, 2.24) is 4.98 Å². The highest BCUT2D eigenvalue weighted by Gasteiger charge is 2.06. The maximum Gasteiger partial charge on any atom is 0.187 e. The summed E-state index contributed by atoms with van der Waals surface area (Å²) in [7, 11) is 1.67. The molecule has 3 rings (SSSR count). The third-order valence-electron chi connectivity index (χ3n) is 3.72. The van der Waals surface area contributed by atoms with E-state index in [4.69, 9.17) is 4.74 Å². The number of methoxy groups -OCH3 is 1. The molecule has 0 bridgehead atoms. The number of benzene rings is 2. The molecule has 0 spiro atoms. The predicted molar refractivity (Wildman–Crippen MR) is 97.9 cm³/mol. The summed E-state index contributed by atoms with van der Waals surface area (Å²) in [4.78, 5) is 4.67. The number of hydrogen-bond donors (Lipinski definition) is 1. The molecule has 4 heteroatoms. The molecular weight excluding hydrogens is 304 g/mol. The Labute approximate surface area is 141 Å². The van der Waals surface area contributed by atoms with Crippen LogP contribution in [0, 0.1) is 0 Å². The summed E-state index contributed by atoms with van der Waals surface area (Å²) in [6.45, 7) is 4.41. The number of rotatable bonds is 5. The molecule has 0 fully saturated rings. The fourth-order valence-corrected chi connectivity index (χ4v) is 3.04. The zero-order chi connectivity index (χ0) is 16.2. The van der Waals surface area contributed by atoms with E-state index in [1.54, 1.807) is 18.4 Å². The summed E-state index contributed by atoms with van der Waals surface area (Å²) >= 11 is 1.61. The lowest BCUT2D eigenvalue weighted by atomic mass is 10.0. The molecule has 1 N–H and O–H groups in total. The number of nitrogens with one attached hydrogen (secondary N) is 1. The molecule has 1 aromatic heterocycles. The first-order valence-electron chi connectivity index (χ1n) is 7.62. The summed E-state index contributed by atoms with van der Waals surface area (Å²) in [5, 5.41) is 6.29. The summed E-state index contributed by atoms with van der Waals surface area (Å²) in [5.74, 6) is 1.40. The molecule has 0 amide bonds. The van der Waals surface area contributed by atoms with Crippen molar-refractivity contribution in [1.29, 1.82) is 0 Å². The second-order valence-corrected chi connectivity index (χ2v) is 6.53. The molecule has 0 aliphatic carbocycles. The predicted octanol–water partition coefficient (Wildman–Crippen LogP) is 5.69. The number of hydrogen-bond acceptors (Lipinski definition) is 4. The van der Waals surface area contributed by atoms with Gasteiger partial charge in [0.1, 0.15) is 5.75 Å². The number of ether oxygens (including phenoxy) is 1. The highest BCUT2D eigenvalue weighted by atomic mass is 32.1. The van der Waals surface area contributed by atoms with Crippen LogP contribution in [-0.4, -0.2) is 12.1 Å².